The molecule has 8 aromatic rings. The standard InChI is InChI=1S/C46H41N3/c1-28-17-20-40-33-12-7-6-11-32(33)35-19-18-30-24-44-39(37-15-10-14-36-34-13-8-9-16-41(34)49(44)45(36)37)26-38(30)43-25-31(46(3,4)5)21-22-47(43)29(2)23-42(35)48(40)27-28/h6-17,20-22,24-27,35,42H,2,18-19,23H2,1,3-5H3/q+2. The number of aromatic nitrogens is 3. The summed E-state index contributed by atoms with van der Waals surface area (Å²) in [6, 6.07) is 39.5. The highest BCUT2D eigenvalue weighted by Gasteiger charge is 2.42. The summed E-state index contributed by atoms with van der Waals surface area (Å²) in [5, 5.41) is 5.30. The molecule has 0 N–H and O–H groups in total. The minimum atomic E-state index is 0.0243. The predicted octanol–water partition coefficient (Wildman–Crippen LogP) is 10.5. The van der Waals surface area contributed by atoms with Crippen molar-refractivity contribution in [1.29, 1.82) is 0 Å². The first-order valence-corrected chi connectivity index (χ1v) is 17.8. The van der Waals surface area contributed by atoms with E-state index in [9.17, 15) is 0 Å². The fourth-order valence-corrected chi connectivity index (χ4v) is 9.24. The van der Waals surface area contributed by atoms with Gasteiger partial charge in [-0.25, -0.2) is 0 Å². The van der Waals surface area contributed by atoms with Crippen LogP contribution in [0.25, 0.3) is 66.3 Å². The van der Waals surface area contributed by atoms with Gasteiger partial charge in [-0.05, 0) is 78.8 Å². The Morgan fingerprint density at radius 3 is 2.37 bits per heavy atom. The molecule has 238 valence electrons. The van der Waals surface area contributed by atoms with E-state index in [0.717, 1.165) is 25.0 Å². The SMILES string of the molecule is C=C1CC2C(CCc3cc4c(cc3-c3cc(C(C)(C)C)cc[n+]31)c1cccc3c5ccccc5n4c31)c1ccccc1-c1ccc(C)c[n+]12. The van der Waals surface area contributed by atoms with Crippen LogP contribution >= 0.6 is 0 Å². The molecule has 49 heavy (non-hydrogen) atoms. The maximum atomic E-state index is 4.84. The van der Waals surface area contributed by atoms with Crippen LogP contribution in [0.2, 0.25) is 0 Å². The number of allylic oxidation sites excluding steroid dienone is 1. The Morgan fingerprint density at radius 2 is 1.51 bits per heavy atom. The molecule has 2 aliphatic rings. The molecule has 0 fully saturated rings. The van der Waals surface area contributed by atoms with Crippen molar-refractivity contribution in [1.82, 2.24) is 4.40 Å². The molecule has 0 bridgehead atoms. The number of benzene rings is 4. The van der Waals surface area contributed by atoms with E-state index < -0.39 is 0 Å². The highest BCUT2D eigenvalue weighted by atomic mass is 15.0. The van der Waals surface area contributed by atoms with Gasteiger partial charge in [-0.15, -0.1) is 0 Å². The van der Waals surface area contributed by atoms with Gasteiger partial charge in [-0.2, -0.15) is 9.13 Å². The summed E-state index contributed by atoms with van der Waals surface area (Å²) >= 11 is 0. The third-order valence-corrected chi connectivity index (χ3v) is 11.6. The van der Waals surface area contributed by atoms with Crippen molar-refractivity contribution in [3.63, 3.8) is 0 Å². The molecule has 3 heteroatoms. The minimum Gasteiger partial charge on any atom is -0.308 e. The molecule has 0 amide bonds. The highest BCUT2D eigenvalue weighted by molar-refractivity contribution is 6.23. The smallest absolute Gasteiger partial charge is 0.218 e. The van der Waals surface area contributed by atoms with Crippen molar-refractivity contribution in [3.8, 4) is 22.5 Å². The third-order valence-electron chi connectivity index (χ3n) is 11.6. The van der Waals surface area contributed by atoms with Crippen LogP contribution in [0, 0.1) is 6.92 Å². The van der Waals surface area contributed by atoms with E-state index in [1.54, 1.807) is 0 Å². The van der Waals surface area contributed by atoms with Crippen LogP contribution in [0.1, 0.15) is 67.8 Å². The van der Waals surface area contributed by atoms with Crippen LogP contribution in [0.5, 0.6) is 0 Å². The van der Waals surface area contributed by atoms with E-state index in [4.69, 9.17) is 6.58 Å². The van der Waals surface area contributed by atoms with Crippen molar-refractivity contribution >= 4 is 43.8 Å². The first-order chi connectivity index (χ1) is 23.8. The van der Waals surface area contributed by atoms with Gasteiger partial charge in [-0.3, -0.25) is 0 Å². The molecule has 0 spiro atoms. The topological polar surface area (TPSA) is 12.2 Å². The van der Waals surface area contributed by atoms with Crippen molar-refractivity contribution < 1.29 is 9.13 Å². The number of para-hydroxylation sites is 2. The molecule has 3 nitrogen and oxygen atoms in total. The number of hydrogen-bond acceptors (Lipinski definition) is 0. The molecule has 10 rings (SSSR count). The van der Waals surface area contributed by atoms with Crippen molar-refractivity contribution in [2.45, 2.75) is 64.3 Å². The van der Waals surface area contributed by atoms with Gasteiger partial charge in [0.05, 0.1) is 28.5 Å². The summed E-state index contributed by atoms with van der Waals surface area (Å²) in [5.41, 5.74) is 15.8. The zero-order valence-corrected chi connectivity index (χ0v) is 28.8. The lowest BCUT2D eigenvalue weighted by Crippen LogP contribution is -2.49. The Bertz CT molecular complexity index is 2670. The Kier molecular flexibility index (Phi) is 5.93. The normalized spacial score (nSPS) is 17.6. The van der Waals surface area contributed by atoms with E-state index in [-0.39, 0.29) is 11.5 Å². The van der Waals surface area contributed by atoms with Gasteiger partial charge in [0.1, 0.15) is 0 Å². The van der Waals surface area contributed by atoms with Crippen molar-refractivity contribution in [3.05, 3.63) is 144 Å². The Hall–Kier alpha value is -5.28. The van der Waals surface area contributed by atoms with E-state index in [2.05, 4.69) is 157 Å². The summed E-state index contributed by atoms with van der Waals surface area (Å²) in [7, 11) is 0. The fraction of sp³-hybridized carbons (Fsp3) is 0.217. The number of aryl methyl sites for hydroxylation is 2. The first kappa shape index (κ1) is 28.7. The molecule has 2 unspecified atom stereocenters. The minimum absolute atomic E-state index is 0.0243. The van der Waals surface area contributed by atoms with Gasteiger partial charge < -0.3 is 4.40 Å². The lowest BCUT2D eigenvalue weighted by molar-refractivity contribution is -0.720. The van der Waals surface area contributed by atoms with Crippen LogP contribution in [0.4, 0.5) is 0 Å². The summed E-state index contributed by atoms with van der Waals surface area (Å²) in [5.74, 6) is 0.362. The number of fused-ring (bicyclic) bond motifs is 15. The molecule has 0 radical (unpaired) electrons. The molecule has 2 atom stereocenters. The molecule has 2 aliphatic heterocycles. The van der Waals surface area contributed by atoms with E-state index in [1.807, 2.05) is 0 Å². The third kappa shape index (κ3) is 4.08. The maximum Gasteiger partial charge on any atom is 0.218 e. The van der Waals surface area contributed by atoms with Gasteiger partial charge in [0.15, 0.2) is 24.1 Å². The summed E-state index contributed by atoms with van der Waals surface area (Å²) in [6.45, 7) is 14.0. The summed E-state index contributed by atoms with van der Waals surface area (Å²) in [4.78, 5) is 0. The number of nitrogens with zero attached hydrogens (tertiary/aromatic N) is 3. The number of pyridine rings is 2. The Labute approximate surface area is 287 Å². The maximum absolute atomic E-state index is 4.84. The molecule has 4 aromatic carbocycles. The molecule has 4 aromatic heterocycles. The molecule has 0 saturated carbocycles. The Morgan fingerprint density at radius 1 is 0.735 bits per heavy atom. The Balaban J connectivity index is 1.27. The average molecular weight is 636 g/mol. The molecule has 0 saturated heterocycles. The lowest BCUT2D eigenvalue weighted by Gasteiger charge is -2.31. The summed E-state index contributed by atoms with van der Waals surface area (Å²) in [6.07, 6.45) is 7.60. The highest BCUT2D eigenvalue weighted by Crippen LogP contribution is 2.46. The zero-order valence-electron chi connectivity index (χ0n) is 28.8. The monoisotopic (exact) mass is 635 g/mol. The quantitative estimate of drug-likeness (QED) is 0.147. The lowest BCUT2D eigenvalue weighted by atomic mass is 9.77. The fourth-order valence-electron chi connectivity index (χ4n) is 9.24. The number of hydrogen-bond donors (Lipinski definition) is 0. The predicted molar refractivity (Wildman–Crippen MR) is 202 cm³/mol. The van der Waals surface area contributed by atoms with E-state index in [0.29, 0.717) is 5.92 Å². The van der Waals surface area contributed by atoms with Gasteiger partial charge in [0.25, 0.3) is 0 Å². The average Bonchev–Trinajstić information content (AvgIpc) is 3.62. The second-order valence-corrected chi connectivity index (χ2v) is 15.6. The van der Waals surface area contributed by atoms with Gasteiger partial charge in [0, 0.05) is 56.8 Å². The van der Waals surface area contributed by atoms with E-state index >= 15 is 0 Å². The van der Waals surface area contributed by atoms with Crippen molar-refractivity contribution in [2.75, 3.05) is 0 Å². The van der Waals surface area contributed by atoms with Crippen LogP contribution in [-0.2, 0) is 11.8 Å². The second-order valence-electron chi connectivity index (χ2n) is 15.6. The van der Waals surface area contributed by atoms with Crippen LogP contribution < -0.4 is 9.13 Å². The molecular formula is C46H41N3+2. The van der Waals surface area contributed by atoms with Gasteiger partial charge in [-0.1, -0.05) is 75.4 Å². The number of rotatable bonds is 0. The largest absolute Gasteiger partial charge is 0.308 e. The van der Waals surface area contributed by atoms with Crippen LogP contribution in [0.15, 0.2) is 122 Å². The first-order valence-electron chi connectivity index (χ1n) is 17.8. The van der Waals surface area contributed by atoms with E-state index in [1.165, 1.54) is 82.9 Å². The van der Waals surface area contributed by atoms with Crippen molar-refractivity contribution in [2.24, 2.45) is 0 Å². The summed E-state index contributed by atoms with van der Waals surface area (Å²) < 4.78 is 7.51. The van der Waals surface area contributed by atoms with Gasteiger partial charge in [0.2, 0.25) is 11.4 Å². The zero-order chi connectivity index (χ0) is 33.2. The molecule has 0 aliphatic carbocycles. The van der Waals surface area contributed by atoms with Gasteiger partial charge >= 0.3 is 0 Å². The molecule has 6 heterocycles. The molecular weight excluding hydrogens is 595 g/mol. The van der Waals surface area contributed by atoms with Crippen LogP contribution in [0.3, 0.4) is 0 Å². The second kappa shape index (κ2) is 10.1. The van der Waals surface area contributed by atoms with Crippen LogP contribution in [-0.4, -0.2) is 4.40 Å².